The molecule has 28 heavy (non-hydrogen) atoms. The van der Waals surface area contributed by atoms with E-state index < -0.39 is 16.6 Å². The van der Waals surface area contributed by atoms with Crippen LogP contribution in [0.5, 0.6) is 11.6 Å². The Labute approximate surface area is 160 Å². The molecule has 0 fully saturated rings. The number of anilines is 2. The molecule has 0 aliphatic heterocycles. The third-order valence-electron chi connectivity index (χ3n) is 3.79. The van der Waals surface area contributed by atoms with Gasteiger partial charge in [-0.2, -0.15) is 4.98 Å². The molecule has 0 spiro atoms. The highest BCUT2D eigenvalue weighted by atomic mass is 16.6. The zero-order valence-electron chi connectivity index (χ0n) is 15.1. The summed E-state index contributed by atoms with van der Waals surface area (Å²) in [5.41, 5.74) is 1.07. The van der Waals surface area contributed by atoms with Crippen molar-refractivity contribution in [2.24, 2.45) is 0 Å². The fourth-order valence-corrected chi connectivity index (χ4v) is 2.42. The quantitative estimate of drug-likeness (QED) is 0.387. The van der Waals surface area contributed by atoms with Gasteiger partial charge in [0.05, 0.1) is 23.3 Å². The van der Waals surface area contributed by atoms with Crippen molar-refractivity contribution >= 4 is 23.2 Å². The van der Waals surface area contributed by atoms with Gasteiger partial charge in [0.1, 0.15) is 12.1 Å². The highest BCUT2D eigenvalue weighted by Crippen LogP contribution is 2.36. The molecule has 9 nitrogen and oxygen atoms in total. The van der Waals surface area contributed by atoms with E-state index in [1.807, 2.05) is 19.1 Å². The topological polar surface area (TPSA) is 116 Å². The molecule has 0 bridgehead atoms. The van der Waals surface area contributed by atoms with Gasteiger partial charge in [0.15, 0.2) is 0 Å². The van der Waals surface area contributed by atoms with E-state index in [1.165, 1.54) is 13.2 Å². The fourth-order valence-electron chi connectivity index (χ4n) is 2.42. The van der Waals surface area contributed by atoms with E-state index in [-0.39, 0.29) is 17.3 Å². The highest BCUT2D eigenvalue weighted by molar-refractivity contribution is 5.96. The molecule has 1 heterocycles. The van der Waals surface area contributed by atoms with Gasteiger partial charge in [-0.25, -0.2) is 9.78 Å². The molecule has 2 aromatic carbocycles. The number of hydrogen-bond acceptors (Lipinski definition) is 8. The monoisotopic (exact) mass is 380 g/mol. The van der Waals surface area contributed by atoms with E-state index >= 15 is 0 Å². The number of carbonyl (C=O) groups is 1. The summed E-state index contributed by atoms with van der Waals surface area (Å²) in [4.78, 5) is 30.8. The molecule has 9 heteroatoms. The third-order valence-corrected chi connectivity index (χ3v) is 3.79. The van der Waals surface area contributed by atoms with E-state index in [0.717, 1.165) is 11.9 Å². The number of nitro groups is 1. The van der Waals surface area contributed by atoms with Gasteiger partial charge in [0.2, 0.25) is 5.82 Å². The molecule has 0 amide bonds. The Balaban J connectivity index is 2.00. The van der Waals surface area contributed by atoms with Crippen LogP contribution in [0.25, 0.3) is 0 Å². The lowest BCUT2D eigenvalue weighted by Crippen LogP contribution is -2.08. The Bertz CT molecular complexity index is 1020. The number of rotatable bonds is 6. The molecule has 142 valence electrons. The van der Waals surface area contributed by atoms with Gasteiger partial charge in [-0.15, -0.1) is 0 Å². The van der Waals surface area contributed by atoms with Crippen LogP contribution in [0, 0.1) is 17.0 Å². The Morgan fingerprint density at radius 2 is 1.82 bits per heavy atom. The van der Waals surface area contributed by atoms with Gasteiger partial charge in [-0.3, -0.25) is 10.1 Å². The number of esters is 1. The molecular formula is C19H16N4O5. The number of hydrogen-bond donors (Lipinski definition) is 1. The lowest BCUT2D eigenvalue weighted by Gasteiger charge is -2.11. The number of nitrogens with zero attached hydrogens (tertiary/aromatic N) is 3. The van der Waals surface area contributed by atoms with Gasteiger partial charge < -0.3 is 14.8 Å². The first kappa shape index (κ1) is 18.8. The number of aryl methyl sites for hydroxylation is 1. The predicted molar refractivity (Wildman–Crippen MR) is 101 cm³/mol. The molecule has 3 aromatic rings. The third kappa shape index (κ3) is 4.04. The molecule has 1 N–H and O–H groups in total. The molecule has 0 saturated heterocycles. The molecule has 0 saturated carbocycles. The van der Waals surface area contributed by atoms with Crippen molar-refractivity contribution in [1.29, 1.82) is 0 Å². The van der Waals surface area contributed by atoms with Gasteiger partial charge in [0.25, 0.3) is 0 Å². The van der Waals surface area contributed by atoms with Crippen molar-refractivity contribution in [2.45, 2.75) is 6.92 Å². The minimum Gasteiger partial charge on any atom is -0.465 e. The van der Waals surface area contributed by atoms with Gasteiger partial charge in [-0.05, 0) is 31.2 Å². The predicted octanol–water partition coefficient (Wildman–Crippen LogP) is 4.02. The first-order chi connectivity index (χ1) is 13.5. The summed E-state index contributed by atoms with van der Waals surface area (Å²) in [5.74, 6) is -0.524. The van der Waals surface area contributed by atoms with Crippen LogP contribution in [0.1, 0.15) is 15.9 Å². The van der Waals surface area contributed by atoms with E-state index in [0.29, 0.717) is 11.4 Å². The van der Waals surface area contributed by atoms with Crippen LogP contribution >= 0.6 is 0 Å². The van der Waals surface area contributed by atoms with Crippen molar-refractivity contribution in [1.82, 2.24) is 9.97 Å². The second kappa shape index (κ2) is 8.12. The van der Waals surface area contributed by atoms with Crippen LogP contribution in [0.2, 0.25) is 0 Å². The average molecular weight is 380 g/mol. The van der Waals surface area contributed by atoms with Crippen LogP contribution in [0.3, 0.4) is 0 Å². The van der Waals surface area contributed by atoms with Crippen molar-refractivity contribution in [3.63, 3.8) is 0 Å². The number of carbonyl (C=O) groups excluding carboxylic acids is 1. The number of benzene rings is 2. The number of nitrogens with one attached hydrogen (secondary N) is 1. The fraction of sp³-hybridized carbons (Fsp3) is 0.105. The molecule has 0 aliphatic rings. The standard InChI is InChI=1S/C19H16N4O5/c1-12-7-9-13(10-8-12)28-18-16(23(25)26)17(20-11-21-18)22-15-6-4-3-5-14(15)19(24)27-2/h3-11H,1-2H3,(H,20,21,22). The molecule has 0 atom stereocenters. The van der Waals surface area contributed by atoms with Crippen molar-refractivity contribution in [2.75, 3.05) is 12.4 Å². The summed E-state index contributed by atoms with van der Waals surface area (Å²) in [7, 11) is 1.25. The number of methoxy groups -OCH3 is 1. The van der Waals surface area contributed by atoms with E-state index in [1.54, 1.807) is 30.3 Å². The van der Waals surface area contributed by atoms with Crippen LogP contribution in [0.15, 0.2) is 54.9 Å². The smallest absolute Gasteiger partial charge is 0.373 e. The van der Waals surface area contributed by atoms with Crippen LogP contribution in [-0.2, 0) is 4.74 Å². The largest absolute Gasteiger partial charge is 0.465 e. The summed E-state index contributed by atoms with van der Waals surface area (Å²) in [6.07, 6.45) is 1.14. The molecule has 0 radical (unpaired) electrons. The van der Waals surface area contributed by atoms with Gasteiger partial charge in [-0.1, -0.05) is 29.8 Å². The lowest BCUT2D eigenvalue weighted by molar-refractivity contribution is -0.385. The van der Waals surface area contributed by atoms with Crippen LogP contribution in [0.4, 0.5) is 17.2 Å². The van der Waals surface area contributed by atoms with E-state index in [9.17, 15) is 14.9 Å². The van der Waals surface area contributed by atoms with Gasteiger partial charge in [0, 0.05) is 0 Å². The molecule has 0 aliphatic carbocycles. The average Bonchev–Trinajstić information content (AvgIpc) is 2.69. The molecular weight excluding hydrogens is 364 g/mol. The SMILES string of the molecule is COC(=O)c1ccccc1Nc1ncnc(Oc2ccc(C)cc2)c1[N+](=O)[O-]. The Hall–Kier alpha value is -4.01. The normalized spacial score (nSPS) is 10.2. The zero-order valence-corrected chi connectivity index (χ0v) is 15.1. The van der Waals surface area contributed by atoms with Crippen LogP contribution in [-0.4, -0.2) is 28.0 Å². The lowest BCUT2D eigenvalue weighted by atomic mass is 10.2. The minimum absolute atomic E-state index is 0.113. The summed E-state index contributed by atoms with van der Waals surface area (Å²) in [6, 6.07) is 13.4. The maximum Gasteiger partial charge on any atom is 0.373 e. The first-order valence-electron chi connectivity index (χ1n) is 8.18. The second-order valence-electron chi connectivity index (χ2n) is 5.71. The first-order valence-corrected chi connectivity index (χ1v) is 8.18. The molecule has 1 aromatic heterocycles. The van der Waals surface area contributed by atoms with Gasteiger partial charge >= 0.3 is 17.5 Å². The number of para-hydroxylation sites is 1. The maximum absolute atomic E-state index is 11.9. The highest BCUT2D eigenvalue weighted by Gasteiger charge is 2.26. The summed E-state index contributed by atoms with van der Waals surface area (Å²) in [6.45, 7) is 1.91. The summed E-state index contributed by atoms with van der Waals surface area (Å²) >= 11 is 0. The molecule has 3 rings (SSSR count). The van der Waals surface area contributed by atoms with Crippen molar-refractivity contribution in [3.8, 4) is 11.6 Å². The number of aromatic nitrogens is 2. The summed E-state index contributed by atoms with van der Waals surface area (Å²) in [5, 5.41) is 14.5. The Morgan fingerprint density at radius 3 is 2.50 bits per heavy atom. The van der Waals surface area contributed by atoms with E-state index in [2.05, 4.69) is 15.3 Å². The van der Waals surface area contributed by atoms with Crippen molar-refractivity contribution < 1.29 is 19.2 Å². The Morgan fingerprint density at radius 1 is 1.11 bits per heavy atom. The Kier molecular flexibility index (Phi) is 5.45. The number of ether oxygens (including phenoxy) is 2. The zero-order chi connectivity index (χ0) is 20.1. The van der Waals surface area contributed by atoms with Crippen LogP contribution < -0.4 is 10.1 Å². The second-order valence-corrected chi connectivity index (χ2v) is 5.71. The maximum atomic E-state index is 11.9. The summed E-state index contributed by atoms with van der Waals surface area (Å²) < 4.78 is 10.3. The minimum atomic E-state index is -0.646. The molecule has 0 unspecified atom stereocenters. The van der Waals surface area contributed by atoms with Crippen molar-refractivity contribution in [3.05, 3.63) is 76.1 Å². The van der Waals surface area contributed by atoms with E-state index in [4.69, 9.17) is 9.47 Å².